The van der Waals surface area contributed by atoms with E-state index in [2.05, 4.69) is 14.7 Å². The Balaban J connectivity index is 2.82. The quantitative estimate of drug-likeness (QED) is 0.636. The first kappa shape index (κ1) is 8.99. The lowest BCUT2D eigenvalue weighted by atomic mass is 10.5. The first-order valence-corrected chi connectivity index (χ1v) is 3.79. The highest BCUT2D eigenvalue weighted by molar-refractivity contribution is 6.16. The molecule has 1 aromatic rings. The number of halogens is 1. The minimum Gasteiger partial charge on any atom is -0.341 e. The molecule has 0 atom stereocenters. The summed E-state index contributed by atoms with van der Waals surface area (Å²) in [5.74, 6) is 0.112. The summed E-state index contributed by atoms with van der Waals surface area (Å²) >= 11 is 5.41. The van der Waals surface area contributed by atoms with Gasteiger partial charge in [-0.1, -0.05) is 5.16 Å². The maximum atomic E-state index is 11.2. The highest BCUT2D eigenvalue weighted by Gasteiger charge is 2.15. The van der Waals surface area contributed by atoms with E-state index in [-0.39, 0.29) is 17.7 Å². The minimum absolute atomic E-state index is 0.0318. The van der Waals surface area contributed by atoms with E-state index in [1.54, 1.807) is 14.1 Å². The van der Waals surface area contributed by atoms with Gasteiger partial charge in [0.1, 0.15) is 0 Å². The van der Waals surface area contributed by atoms with E-state index in [9.17, 15) is 4.79 Å². The number of hydrogen-bond donors (Lipinski definition) is 0. The number of amides is 1. The van der Waals surface area contributed by atoms with Crippen LogP contribution in [0.1, 0.15) is 16.5 Å². The van der Waals surface area contributed by atoms with Gasteiger partial charge in [0.05, 0.1) is 5.88 Å². The Bertz CT molecular complexity index is 284. The molecule has 0 aliphatic carbocycles. The molecule has 66 valence electrons. The van der Waals surface area contributed by atoms with Gasteiger partial charge in [-0.2, -0.15) is 4.98 Å². The molecule has 5 nitrogen and oxygen atoms in total. The summed E-state index contributed by atoms with van der Waals surface area (Å²) in [6.07, 6.45) is 0. The highest BCUT2D eigenvalue weighted by atomic mass is 35.5. The normalized spacial score (nSPS) is 9.92. The van der Waals surface area contributed by atoms with E-state index in [4.69, 9.17) is 11.6 Å². The van der Waals surface area contributed by atoms with Gasteiger partial charge in [0, 0.05) is 14.1 Å². The van der Waals surface area contributed by atoms with Crippen molar-refractivity contribution in [2.75, 3.05) is 14.1 Å². The van der Waals surface area contributed by atoms with Crippen LogP contribution in [0.4, 0.5) is 0 Å². The lowest BCUT2D eigenvalue weighted by Crippen LogP contribution is -2.21. The Labute approximate surface area is 74.3 Å². The number of alkyl halides is 1. The van der Waals surface area contributed by atoms with Gasteiger partial charge in [0.15, 0.2) is 5.82 Å². The van der Waals surface area contributed by atoms with E-state index in [0.717, 1.165) is 0 Å². The van der Waals surface area contributed by atoms with Crippen LogP contribution in [0, 0.1) is 0 Å². The molecule has 0 spiro atoms. The lowest BCUT2D eigenvalue weighted by Gasteiger charge is -2.04. The van der Waals surface area contributed by atoms with Crippen molar-refractivity contribution in [2.24, 2.45) is 0 Å². The molecule has 0 saturated carbocycles. The Hall–Kier alpha value is -1.10. The van der Waals surface area contributed by atoms with Crippen LogP contribution in [-0.2, 0) is 5.88 Å². The fraction of sp³-hybridized carbons (Fsp3) is 0.500. The SMILES string of the molecule is CN(C)C(=O)c1nc(CCl)no1. The first-order chi connectivity index (χ1) is 5.65. The van der Waals surface area contributed by atoms with Gasteiger partial charge in [0.25, 0.3) is 0 Å². The number of aromatic nitrogens is 2. The van der Waals surface area contributed by atoms with Crippen molar-refractivity contribution in [3.05, 3.63) is 11.7 Å². The largest absolute Gasteiger partial charge is 0.341 e. The average molecular weight is 190 g/mol. The molecule has 1 amide bonds. The standard InChI is InChI=1S/C6H8ClN3O2/c1-10(2)6(11)5-8-4(3-7)9-12-5/h3H2,1-2H3. The van der Waals surface area contributed by atoms with Crippen LogP contribution in [0.2, 0.25) is 0 Å². The van der Waals surface area contributed by atoms with Gasteiger partial charge in [-0.05, 0) is 0 Å². The van der Waals surface area contributed by atoms with Gasteiger partial charge < -0.3 is 9.42 Å². The number of hydrogen-bond acceptors (Lipinski definition) is 4. The Morgan fingerprint density at radius 1 is 1.67 bits per heavy atom. The third-order valence-electron chi connectivity index (χ3n) is 1.18. The summed E-state index contributed by atoms with van der Waals surface area (Å²) in [7, 11) is 3.21. The molecule has 6 heteroatoms. The van der Waals surface area contributed by atoms with Crippen molar-refractivity contribution in [3.63, 3.8) is 0 Å². The van der Waals surface area contributed by atoms with E-state index >= 15 is 0 Å². The summed E-state index contributed by atoms with van der Waals surface area (Å²) in [6.45, 7) is 0. The monoisotopic (exact) mass is 189 g/mol. The molecule has 0 fully saturated rings. The number of nitrogens with zero attached hydrogens (tertiary/aromatic N) is 3. The predicted molar refractivity (Wildman–Crippen MR) is 41.9 cm³/mol. The van der Waals surface area contributed by atoms with Crippen molar-refractivity contribution in [1.82, 2.24) is 15.0 Å². The van der Waals surface area contributed by atoms with Gasteiger partial charge in [-0.3, -0.25) is 4.79 Å². The van der Waals surface area contributed by atoms with Crippen LogP contribution in [-0.4, -0.2) is 35.0 Å². The zero-order valence-electron chi connectivity index (χ0n) is 6.74. The van der Waals surface area contributed by atoms with Crippen LogP contribution in [0.3, 0.4) is 0 Å². The molecule has 0 radical (unpaired) electrons. The van der Waals surface area contributed by atoms with Crippen molar-refractivity contribution >= 4 is 17.5 Å². The Kier molecular flexibility index (Phi) is 2.65. The maximum absolute atomic E-state index is 11.2. The Morgan fingerprint density at radius 2 is 2.33 bits per heavy atom. The second-order valence-corrected chi connectivity index (χ2v) is 2.62. The number of carbonyl (C=O) groups excluding carboxylic acids is 1. The fourth-order valence-electron chi connectivity index (χ4n) is 0.586. The van der Waals surface area contributed by atoms with Gasteiger partial charge in [-0.25, -0.2) is 0 Å². The van der Waals surface area contributed by atoms with Crippen LogP contribution < -0.4 is 0 Å². The molecule has 0 saturated heterocycles. The molecule has 0 N–H and O–H groups in total. The second kappa shape index (κ2) is 3.53. The van der Waals surface area contributed by atoms with E-state index in [1.807, 2.05) is 0 Å². The number of rotatable bonds is 2. The first-order valence-electron chi connectivity index (χ1n) is 3.25. The highest BCUT2D eigenvalue weighted by Crippen LogP contribution is 2.01. The van der Waals surface area contributed by atoms with Crippen LogP contribution in [0.15, 0.2) is 4.52 Å². The molecule has 1 heterocycles. The fourth-order valence-corrected chi connectivity index (χ4v) is 0.695. The van der Waals surface area contributed by atoms with Crippen molar-refractivity contribution < 1.29 is 9.32 Å². The molecule has 0 unspecified atom stereocenters. The summed E-state index contributed by atoms with van der Waals surface area (Å²) in [6, 6.07) is 0. The van der Waals surface area contributed by atoms with Gasteiger partial charge >= 0.3 is 11.8 Å². The molecule has 12 heavy (non-hydrogen) atoms. The van der Waals surface area contributed by atoms with Gasteiger partial charge in [0.2, 0.25) is 0 Å². The summed E-state index contributed by atoms with van der Waals surface area (Å²) in [4.78, 5) is 16.3. The van der Waals surface area contributed by atoms with Gasteiger partial charge in [-0.15, -0.1) is 11.6 Å². The molecular weight excluding hydrogens is 182 g/mol. The third-order valence-corrected chi connectivity index (χ3v) is 1.42. The van der Waals surface area contributed by atoms with E-state index in [1.165, 1.54) is 4.90 Å². The second-order valence-electron chi connectivity index (χ2n) is 2.35. The van der Waals surface area contributed by atoms with Crippen molar-refractivity contribution in [1.29, 1.82) is 0 Å². The molecule has 1 aromatic heterocycles. The average Bonchev–Trinajstić information content (AvgIpc) is 2.50. The minimum atomic E-state index is -0.320. The summed E-state index contributed by atoms with van der Waals surface area (Å²) in [5.41, 5.74) is 0. The zero-order valence-corrected chi connectivity index (χ0v) is 7.50. The number of carbonyl (C=O) groups is 1. The molecule has 1 rings (SSSR count). The summed E-state index contributed by atoms with van der Waals surface area (Å²) < 4.78 is 4.64. The van der Waals surface area contributed by atoms with Crippen LogP contribution in [0.5, 0.6) is 0 Å². The van der Waals surface area contributed by atoms with Crippen LogP contribution >= 0.6 is 11.6 Å². The molecule has 0 bridgehead atoms. The van der Waals surface area contributed by atoms with Crippen LogP contribution in [0.25, 0.3) is 0 Å². The third kappa shape index (κ3) is 1.73. The zero-order chi connectivity index (χ0) is 9.14. The molecule has 0 aliphatic rings. The maximum Gasteiger partial charge on any atom is 0.316 e. The van der Waals surface area contributed by atoms with Crippen molar-refractivity contribution in [3.8, 4) is 0 Å². The summed E-state index contributed by atoms with van der Waals surface area (Å²) in [5, 5.41) is 3.47. The predicted octanol–water partition coefficient (Wildman–Crippen LogP) is 0.510. The lowest BCUT2D eigenvalue weighted by molar-refractivity contribution is 0.0779. The smallest absolute Gasteiger partial charge is 0.316 e. The van der Waals surface area contributed by atoms with E-state index in [0.29, 0.717) is 5.82 Å². The topological polar surface area (TPSA) is 59.2 Å². The molecule has 0 aliphatic heterocycles. The molecular formula is C6H8ClN3O2. The Morgan fingerprint density at radius 3 is 2.75 bits per heavy atom. The molecule has 0 aromatic carbocycles. The van der Waals surface area contributed by atoms with Crippen molar-refractivity contribution in [2.45, 2.75) is 5.88 Å². The van der Waals surface area contributed by atoms with E-state index < -0.39 is 0 Å².